The standard InChI is InChI=1S/C18H30N2O/c1-19-18(16-21,17-10-6-5-7-11-17)12-15-20-13-8-3-2-4-9-14-20/h5-7,10-11,19,21H,2-4,8-9,12-16H2,1H3. The van der Waals surface area contributed by atoms with Gasteiger partial charge in [0.25, 0.3) is 0 Å². The Hall–Kier alpha value is -0.900. The molecule has 0 aromatic heterocycles. The number of benzene rings is 1. The smallest absolute Gasteiger partial charge is 0.0678 e. The van der Waals surface area contributed by atoms with Crippen molar-refractivity contribution in [1.29, 1.82) is 0 Å². The van der Waals surface area contributed by atoms with E-state index in [-0.39, 0.29) is 12.1 Å². The molecule has 1 atom stereocenters. The first-order valence-corrected chi connectivity index (χ1v) is 8.38. The average Bonchev–Trinajstić information content (AvgIpc) is 2.51. The first-order chi connectivity index (χ1) is 10.3. The lowest BCUT2D eigenvalue weighted by Crippen LogP contribution is -2.46. The van der Waals surface area contributed by atoms with Gasteiger partial charge in [0.1, 0.15) is 0 Å². The lowest BCUT2D eigenvalue weighted by Gasteiger charge is -2.35. The Balaban J connectivity index is 1.99. The molecule has 0 aliphatic carbocycles. The fourth-order valence-electron chi connectivity index (χ4n) is 3.31. The molecular formula is C18H30N2O. The lowest BCUT2D eigenvalue weighted by molar-refractivity contribution is 0.135. The van der Waals surface area contributed by atoms with Gasteiger partial charge in [-0.05, 0) is 45.0 Å². The maximum absolute atomic E-state index is 9.98. The van der Waals surface area contributed by atoms with Gasteiger partial charge in [-0.3, -0.25) is 0 Å². The number of aliphatic hydroxyl groups excluding tert-OH is 1. The summed E-state index contributed by atoms with van der Waals surface area (Å²) in [5, 5.41) is 13.4. The molecule has 1 aliphatic rings. The Kier molecular flexibility index (Phi) is 6.68. The Labute approximate surface area is 129 Å². The molecule has 21 heavy (non-hydrogen) atoms. The summed E-state index contributed by atoms with van der Waals surface area (Å²) in [6.45, 7) is 3.61. The van der Waals surface area contributed by atoms with Crippen LogP contribution in [0, 0.1) is 0 Å². The van der Waals surface area contributed by atoms with Gasteiger partial charge < -0.3 is 15.3 Å². The predicted octanol–water partition coefficient (Wildman–Crippen LogP) is 2.75. The van der Waals surface area contributed by atoms with E-state index < -0.39 is 0 Å². The van der Waals surface area contributed by atoms with E-state index in [0.717, 1.165) is 13.0 Å². The van der Waals surface area contributed by atoms with Crippen molar-refractivity contribution in [2.24, 2.45) is 0 Å². The third kappa shape index (κ3) is 4.53. The monoisotopic (exact) mass is 290 g/mol. The first kappa shape index (κ1) is 16.5. The molecule has 3 nitrogen and oxygen atoms in total. The molecule has 0 bridgehead atoms. The normalized spacial score (nSPS) is 20.5. The minimum atomic E-state index is -0.316. The Bertz CT molecular complexity index is 381. The Morgan fingerprint density at radius 2 is 1.67 bits per heavy atom. The van der Waals surface area contributed by atoms with Gasteiger partial charge in [-0.25, -0.2) is 0 Å². The minimum absolute atomic E-state index is 0.140. The van der Waals surface area contributed by atoms with Crippen LogP contribution in [0.5, 0.6) is 0 Å². The number of likely N-dealkylation sites (N-methyl/N-ethyl adjacent to an activating group) is 1. The van der Waals surface area contributed by atoms with Gasteiger partial charge in [0.2, 0.25) is 0 Å². The third-order valence-electron chi connectivity index (χ3n) is 4.88. The molecule has 1 aliphatic heterocycles. The zero-order valence-electron chi connectivity index (χ0n) is 13.4. The summed E-state index contributed by atoms with van der Waals surface area (Å²) in [5.74, 6) is 0. The van der Waals surface area contributed by atoms with E-state index in [4.69, 9.17) is 0 Å². The van der Waals surface area contributed by atoms with E-state index in [1.165, 1.54) is 50.8 Å². The van der Waals surface area contributed by atoms with E-state index >= 15 is 0 Å². The SMILES string of the molecule is CNC(CO)(CCN1CCCCCCC1)c1ccccc1. The van der Waals surface area contributed by atoms with Crippen LogP contribution in [0.15, 0.2) is 30.3 Å². The van der Waals surface area contributed by atoms with E-state index in [9.17, 15) is 5.11 Å². The minimum Gasteiger partial charge on any atom is -0.394 e. The molecule has 0 amide bonds. The predicted molar refractivity (Wildman–Crippen MR) is 88.4 cm³/mol. The fraction of sp³-hybridized carbons (Fsp3) is 0.667. The number of rotatable bonds is 6. The largest absolute Gasteiger partial charge is 0.394 e. The first-order valence-electron chi connectivity index (χ1n) is 8.38. The summed E-state index contributed by atoms with van der Waals surface area (Å²) < 4.78 is 0. The van der Waals surface area contributed by atoms with Gasteiger partial charge in [0.15, 0.2) is 0 Å². The van der Waals surface area contributed by atoms with Gasteiger partial charge in [-0.1, -0.05) is 49.6 Å². The second kappa shape index (κ2) is 8.52. The van der Waals surface area contributed by atoms with E-state index in [1.54, 1.807) is 0 Å². The zero-order valence-corrected chi connectivity index (χ0v) is 13.4. The highest BCUT2D eigenvalue weighted by molar-refractivity contribution is 5.24. The quantitative estimate of drug-likeness (QED) is 0.845. The van der Waals surface area contributed by atoms with Crippen molar-refractivity contribution in [3.63, 3.8) is 0 Å². The molecule has 0 saturated carbocycles. The van der Waals surface area contributed by atoms with Crippen LogP contribution in [0.2, 0.25) is 0 Å². The van der Waals surface area contributed by atoms with Crippen LogP contribution in [0.3, 0.4) is 0 Å². The summed E-state index contributed by atoms with van der Waals surface area (Å²) >= 11 is 0. The molecule has 2 rings (SSSR count). The number of hydrogen-bond donors (Lipinski definition) is 2. The third-order valence-corrected chi connectivity index (χ3v) is 4.88. The van der Waals surface area contributed by atoms with Crippen molar-refractivity contribution in [3.8, 4) is 0 Å². The Morgan fingerprint density at radius 3 is 2.24 bits per heavy atom. The molecule has 1 aromatic rings. The molecule has 0 radical (unpaired) electrons. The van der Waals surface area contributed by atoms with E-state index in [2.05, 4.69) is 22.3 Å². The summed E-state index contributed by atoms with van der Waals surface area (Å²) in [7, 11) is 1.96. The molecule has 0 spiro atoms. The average molecular weight is 290 g/mol. The molecule has 1 fully saturated rings. The summed E-state index contributed by atoms with van der Waals surface area (Å²) in [4.78, 5) is 2.57. The number of nitrogens with one attached hydrogen (secondary N) is 1. The topological polar surface area (TPSA) is 35.5 Å². The maximum Gasteiger partial charge on any atom is 0.0678 e. The van der Waals surface area contributed by atoms with Crippen molar-refractivity contribution in [2.45, 2.75) is 44.1 Å². The fourth-order valence-corrected chi connectivity index (χ4v) is 3.31. The van der Waals surface area contributed by atoms with E-state index in [1.807, 2.05) is 25.2 Å². The lowest BCUT2D eigenvalue weighted by atomic mass is 9.87. The maximum atomic E-state index is 9.98. The molecule has 1 aromatic carbocycles. The van der Waals surface area contributed by atoms with Crippen LogP contribution in [0.4, 0.5) is 0 Å². The van der Waals surface area contributed by atoms with Crippen molar-refractivity contribution in [1.82, 2.24) is 10.2 Å². The summed E-state index contributed by atoms with van der Waals surface area (Å²) in [5.41, 5.74) is 0.867. The molecule has 2 N–H and O–H groups in total. The van der Waals surface area contributed by atoms with Crippen molar-refractivity contribution < 1.29 is 5.11 Å². The van der Waals surface area contributed by atoms with Crippen LogP contribution in [-0.2, 0) is 5.54 Å². The Morgan fingerprint density at radius 1 is 1.05 bits per heavy atom. The molecular weight excluding hydrogens is 260 g/mol. The van der Waals surface area contributed by atoms with Crippen molar-refractivity contribution in [3.05, 3.63) is 35.9 Å². The number of likely N-dealkylation sites (tertiary alicyclic amines) is 1. The van der Waals surface area contributed by atoms with Crippen LogP contribution in [-0.4, -0.2) is 43.3 Å². The number of nitrogens with zero attached hydrogens (tertiary/aromatic N) is 1. The van der Waals surface area contributed by atoms with Crippen LogP contribution in [0.25, 0.3) is 0 Å². The van der Waals surface area contributed by atoms with Crippen molar-refractivity contribution >= 4 is 0 Å². The zero-order chi connectivity index (χ0) is 15.0. The summed E-state index contributed by atoms with van der Waals surface area (Å²) in [6.07, 6.45) is 7.71. The molecule has 1 unspecified atom stereocenters. The van der Waals surface area contributed by atoms with Crippen LogP contribution >= 0.6 is 0 Å². The number of aliphatic hydroxyl groups is 1. The van der Waals surface area contributed by atoms with E-state index in [0.29, 0.717) is 0 Å². The van der Waals surface area contributed by atoms with Crippen LogP contribution < -0.4 is 5.32 Å². The summed E-state index contributed by atoms with van der Waals surface area (Å²) in [6, 6.07) is 10.3. The molecule has 1 heterocycles. The highest BCUT2D eigenvalue weighted by Crippen LogP contribution is 2.25. The van der Waals surface area contributed by atoms with Gasteiger partial charge in [-0.15, -0.1) is 0 Å². The number of hydrogen-bond acceptors (Lipinski definition) is 3. The van der Waals surface area contributed by atoms with Gasteiger partial charge in [-0.2, -0.15) is 0 Å². The van der Waals surface area contributed by atoms with Gasteiger partial charge >= 0.3 is 0 Å². The van der Waals surface area contributed by atoms with Gasteiger partial charge in [0, 0.05) is 6.54 Å². The molecule has 118 valence electrons. The highest BCUT2D eigenvalue weighted by atomic mass is 16.3. The molecule has 1 saturated heterocycles. The second-order valence-electron chi connectivity index (χ2n) is 6.22. The highest BCUT2D eigenvalue weighted by Gasteiger charge is 2.29. The van der Waals surface area contributed by atoms with Gasteiger partial charge in [0.05, 0.1) is 12.1 Å². The molecule has 3 heteroatoms. The van der Waals surface area contributed by atoms with Crippen molar-refractivity contribution in [2.75, 3.05) is 33.3 Å². The second-order valence-corrected chi connectivity index (χ2v) is 6.22. The van der Waals surface area contributed by atoms with Crippen LogP contribution in [0.1, 0.15) is 44.1 Å².